The molecule has 0 bridgehead atoms. The highest BCUT2D eigenvalue weighted by molar-refractivity contribution is 5.20. The van der Waals surface area contributed by atoms with Crippen molar-refractivity contribution in [3.05, 3.63) is 35.9 Å². The zero-order valence-electron chi connectivity index (χ0n) is 10.8. The van der Waals surface area contributed by atoms with Crippen LogP contribution in [0.2, 0.25) is 0 Å². The second-order valence-corrected chi connectivity index (χ2v) is 5.06. The Hall–Kier alpha value is -0.960. The highest BCUT2D eigenvalue weighted by Crippen LogP contribution is 2.27. The van der Waals surface area contributed by atoms with E-state index in [2.05, 4.69) is 12.2 Å². The summed E-state index contributed by atoms with van der Waals surface area (Å²) in [6.07, 6.45) is 1.87. The molecule has 0 saturated carbocycles. The summed E-state index contributed by atoms with van der Waals surface area (Å²) in [7, 11) is 0. The maximum Gasteiger partial charge on any atom is 0.285 e. The second kappa shape index (κ2) is 5.58. The van der Waals surface area contributed by atoms with Crippen molar-refractivity contribution in [3.8, 4) is 0 Å². The summed E-state index contributed by atoms with van der Waals surface area (Å²) in [5, 5.41) is 2.95. The summed E-state index contributed by atoms with van der Waals surface area (Å²) in [6.45, 7) is 5.65. The minimum atomic E-state index is -2.81. The molecule has 1 N–H and O–H groups in total. The van der Waals surface area contributed by atoms with Gasteiger partial charge in [0.1, 0.15) is 0 Å². The lowest BCUT2D eigenvalue weighted by atomic mass is 9.98. The fraction of sp³-hybridized carbons (Fsp3) is 0.571. The van der Waals surface area contributed by atoms with Crippen molar-refractivity contribution in [1.29, 1.82) is 0 Å². The molecule has 17 heavy (non-hydrogen) atoms. The summed E-state index contributed by atoms with van der Waals surface area (Å²) in [5.41, 5.74) is -0.174. The minimum absolute atomic E-state index is 0.0693. The Bertz CT molecular complexity index is 333. The Morgan fingerprint density at radius 1 is 1.12 bits per heavy atom. The molecule has 0 fully saturated rings. The van der Waals surface area contributed by atoms with Crippen LogP contribution in [0.4, 0.5) is 8.78 Å². The van der Waals surface area contributed by atoms with Gasteiger partial charge in [0.25, 0.3) is 5.92 Å². The van der Waals surface area contributed by atoms with Gasteiger partial charge in [-0.1, -0.05) is 43.7 Å². The molecule has 0 amide bonds. The molecule has 0 aliphatic heterocycles. The third kappa shape index (κ3) is 4.43. The van der Waals surface area contributed by atoms with Crippen molar-refractivity contribution in [3.63, 3.8) is 0 Å². The Balaban J connectivity index is 2.62. The molecule has 1 nitrogen and oxygen atoms in total. The first-order valence-electron chi connectivity index (χ1n) is 6.06. The van der Waals surface area contributed by atoms with Crippen LogP contribution in [0.3, 0.4) is 0 Å². The van der Waals surface area contributed by atoms with Gasteiger partial charge in [-0.15, -0.1) is 0 Å². The van der Waals surface area contributed by atoms with Crippen LogP contribution in [0.5, 0.6) is 0 Å². The van der Waals surface area contributed by atoms with E-state index in [-0.39, 0.29) is 17.6 Å². The van der Waals surface area contributed by atoms with Gasteiger partial charge < -0.3 is 5.32 Å². The molecule has 1 aromatic rings. The zero-order chi connectivity index (χ0) is 12.9. The molecule has 1 rings (SSSR count). The third-order valence-electron chi connectivity index (χ3n) is 2.86. The smallest absolute Gasteiger partial charge is 0.285 e. The largest absolute Gasteiger partial charge is 0.306 e. The number of halogens is 2. The maximum atomic E-state index is 13.9. The van der Waals surface area contributed by atoms with Crippen LogP contribution in [0, 0.1) is 0 Å². The number of hydrogen-bond acceptors (Lipinski definition) is 1. The van der Waals surface area contributed by atoms with Crippen LogP contribution in [-0.2, 0) is 5.92 Å². The third-order valence-corrected chi connectivity index (χ3v) is 2.86. The van der Waals surface area contributed by atoms with Crippen LogP contribution < -0.4 is 5.32 Å². The van der Waals surface area contributed by atoms with Crippen LogP contribution in [0.15, 0.2) is 30.3 Å². The fourth-order valence-electron chi connectivity index (χ4n) is 1.85. The molecule has 0 saturated heterocycles. The van der Waals surface area contributed by atoms with Gasteiger partial charge in [-0.3, -0.25) is 0 Å². The normalized spacial score (nSPS) is 12.8. The molecule has 0 heterocycles. The number of alkyl halides is 2. The first kappa shape index (κ1) is 14.1. The first-order chi connectivity index (χ1) is 7.87. The van der Waals surface area contributed by atoms with Crippen molar-refractivity contribution < 1.29 is 8.78 Å². The fourth-order valence-corrected chi connectivity index (χ4v) is 1.85. The highest BCUT2D eigenvalue weighted by Gasteiger charge is 2.33. The quantitative estimate of drug-likeness (QED) is 0.795. The van der Waals surface area contributed by atoms with Crippen molar-refractivity contribution >= 4 is 0 Å². The highest BCUT2D eigenvalue weighted by atomic mass is 19.3. The average molecular weight is 241 g/mol. The van der Waals surface area contributed by atoms with Crippen LogP contribution in [-0.4, -0.2) is 12.1 Å². The van der Waals surface area contributed by atoms with E-state index in [1.807, 2.05) is 13.8 Å². The van der Waals surface area contributed by atoms with E-state index in [1.165, 1.54) is 12.1 Å². The predicted octanol–water partition coefficient (Wildman–Crippen LogP) is 3.95. The molecule has 0 radical (unpaired) electrons. The summed E-state index contributed by atoms with van der Waals surface area (Å²) in [6, 6.07) is 7.96. The minimum Gasteiger partial charge on any atom is -0.306 e. The monoisotopic (exact) mass is 241 g/mol. The standard InChI is InChI=1S/C14H21F2N/c1-4-10-13(2,3)17-11-14(15,16)12-8-6-5-7-9-12/h5-9,17H,4,10-11H2,1-3H3. The van der Waals surface area contributed by atoms with Gasteiger partial charge in [-0.2, -0.15) is 8.78 Å². The number of hydrogen-bond donors (Lipinski definition) is 1. The summed E-state index contributed by atoms with van der Waals surface area (Å²) >= 11 is 0. The van der Waals surface area contributed by atoms with E-state index < -0.39 is 5.92 Å². The van der Waals surface area contributed by atoms with E-state index in [0.29, 0.717) is 0 Å². The SMILES string of the molecule is CCCC(C)(C)NCC(F)(F)c1ccccc1. The second-order valence-electron chi connectivity index (χ2n) is 5.06. The van der Waals surface area contributed by atoms with E-state index >= 15 is 0 Å². The maximum absolute atomic E-state index is 13.9. The number of benzene rings is 1. The van der Waals surface area contributed by atoms with Gasteiger partial charge in [-0.05, 0) is 20.3 Å². The van der Waals surface area contributed by atoms with Crippen LogP contribution in [0.25, 0.3) is 0 Å². The van der Waals surface area contributed by atoms with Gasteiger partial charge in [0.15, 0.2) is 0 Å². The Labute approximate surface area is 102 Å². The molecular formula is C14H21F2N. The number of nitrogens with one attached hydrogen (secondary N) is 1. The molecule has 0 aliphatic rings. The molecule has 0 atom stereocenters. The topological polar surface area (TPSA) is 12.0 Å². The summed E-state index contributed by atoms with van der Waals surface area (Å²) < 4.78 is 27.7. The van der Waals surface area contributed by atoms with E-state index in [4.69, 9.17) is 0 Å². The lowest BCUT2D eigenvalue weighted by molar-refractivity contribution is -0.00989. The zero-order valence-corrected chi connectivity index (χ0v) is 10.8. The first-order valence-corrected chi connectivity index (χ1v) is 6.06. The molecule has 1 aromatic carbocycles. The molecule has 0 unspecified atom stereocenters. The average Bonchev–Trinajstić information content (AvgIpc) is 2.28. The Morgan fingerprint density at radius 2 is 1.71 bits per heavy atom. The molecule has 0 spiro atoms. The predicted molar refractivity (Wildman–Crippen MR) is 67.3 cm³/mol. The van der Waals surface area contributed by atoms with Gasteiger partial charge in [0.05, 0.1) is 6.54 Å². The van der Waals surface area contributed by atoms with E-state index in [9.17, 15) is 8.78 Å². The molecule has 96 valence electrons. The molecular weight excluding hydrogens is 220 g/mol. The molecule has 3 heteroatoms. The molecule has 0 aromatic heterocycles. The summed E-state index contributed by atoms with van der Waals surface area (Å²) in [5.74, 6) is -2.81. The van der Waals surface area contributed by atoms with Crippen LogP contribution in [0.1, 0.15) is 39.2 Å². The Morgan fingerprint density at radius 3 is 2.24 bits per heavy atom. The van der Waals surface area contributed by atoms with Gasteiger partial charge in [0.2, 0.25) is 0 Å². The van der Waals surface area contributed by atoms with Crippen molar-refractivity contribution in [2.24, 2.45) is 0 Å². The van der Waals surface area contributed by atoms with Gasteiger partial charge in [-0.25, -0.2) is 0 Å². The number of rotatable bonds is 6. The van der Waals surface area contributed by atoms with E-state index in [1.54, 1.807) is 18.2 Å². The van der Waals surface area contributed by atoms with Crippen molar-refractivity contribution in [2.75, 3.05) is 6.54 Å². The molecule has 0 aliphatic carbocycles. The lowest BCUT2D eigenvalue weighted by Gasteiger charge is -2.29. The summed E-state index contributed by atoms with van der Waals surface area (Å²) in [4.78, 5) is 0. The van der Waals surface area contributed by atoms with Crippen molar-refractivity contribution in [2.45, 2.75) is 45.1 Å². The van der Waals surface area contributed by atoms with Gasteiger partial charge >= 0.3 is 0 Å². The van der Waals surface area contributed by atoms with Gasteiger partial charge in [0, 0.05) is 11.1 Å². The lowest BCUT2D eigenvalue weighted by Crippen LogP contribution is -2.44. The van der Waals surface area contributed by atoms with Crippen molar-refractivity contribution in [1.82, 2.24) is 5.32 Å². The Kier molecular flexibility index (Phi) is 4.63. The van der Waals surface area contributed by atoms with Crippen LogP contribution >= 0.6 is 0 Å². The van der Waals surface area contributed by atoms with E-state index in [0.717, 1.165) is 12.8 Å².